The zero-order valence-electron chi connectivity index (χ0n) is 5.87. The number of imidazole rings is 1. The first-order valence-corrected chi connectivity index (χ1v) is 3.02. The molecule has 3 nitrogen and oxygen atoms in total. The average Bonchev–Trinajstić information content (AvgIpc) is 2.15. The van der Waals surface area contributed by atoms with Crippen molar-refractivity contribution in [1.82, 2.24) is 9.55 Å². The summed E-state index contributed by atoms with van der Waals surface area (Å²) in [7, 11) is 0. The van der Waals surface area contributed by atoms with Crippen LogP contribution in [0.1, 0.15) is 5.82 Å². The van der Waals surface area contributed by atoms with E-state index >= 15 is 0 Å². The lowest BCUT2D eigenvalue weighted by atomic mass is 10.4. The molecule has 0 unspecified atom stereocenters. The van der Waals surface area contributed by atoms with E-state index in [0.29, 0.717) is 6.54 Å². The molecular formula is C7H9N2O. The molecule has 3 heteroatoms. The number of ketones is 1. The highest BCUT2D eigenvalue weighted by Gasteiger charge is 1.97. The van der Waals surface area contributed by atoms with Crippen LogP contribution in [0.25, 0.3) is 0 Å². The van der Waals surface area contributed by atoms with Crippen molar-refractivity contribution in [3.05, 3.63) is 25.1 Å². The Bertz CT molecular complexity index is 240. The van der Waals surface area contributed by atoms with Crippen LogP contribution >= 0.6 is 0 Å². The number of rotatable bonds is 2. The molecule has 1 aromatic heterocycles. The lowest BCUT2D eigenvalue weighted by Crippen LogP contribution is -2.06. The molecule has 0 atom stereocenters. The van der Waals surface area contributed by atoms with Crippen molar-refractivity contribution in [2.75, 3.05) is 0 Å². The molecule has 0 bridgehead atoms. The molecule has 10 heavy (non-hydrogen) atoms. The molecule has 0 aliphatic heterocycles. The Kier molecular flexibility index (Phi) is 1.85. The van der Waals surface area contributed by atoms with E-state index in [0.717, 1.165) is 5.82 Å². The molecule has 0 aliphatic rings. The van der Waals surface area contributed by atoms with E-state index in [4.69, 9.17) is 0 Å². The van der Waals surface area contributed by atoms with Gasteiger partial charge in [0.2, 0.25) is 0 Å². The number of nitrogens with zero attached hydrogens (tertiary/aromatic N) is 2. The van der Waals surface area contributed by atoms with Gasteiger partial charge in [-0.25, -0.2) is 4.98 Å². The minimum Gasteiger partial charge on any atom is -0.328 e. The fourth-order valence-electron chi connectivity index (χ4n) is 0.761. The molecule has 0 saturated heterocycles. The highest BCUT2D eigenvalue weighted by molar-refractivity contribution is 5.82. The second-order valence-electron chi connectivity index (χ2n) is 2.14. The second kappa shape index (κ2) is 2.64. The van der Waals surface area contributed by atoms with Crippen molar-refractivity contribution >= 4 is 5.78 Å². The summed E-state index contributed by atoms with van der Waals surface area (Å²) >= 11 is 0. The van der Waals surface area contributed by atoms with E-state index in [1.165, 1.54) is 0 Å². The number of aromatic nitrogens is 2. The molecule has 1 radical (unpaired) electrons. The number of Topliss-reactive ketones (excluding diaryl/α,β-unsaturated/α-hetero) is 1. The third-order valence-corrected chi connectivity index (χ3v) is 1.27. The molecule has 0 aliphatic carbocycles. The topological polar surface area (TPSA) is 34.9 Å². The van der Waals surface area contributed by atoms with Crippen LogP contribution in [0.4, 0.5) is 0 Å². The molecule has 0 N–H and O–H groups in total. The van der Waals surface area contributed by atoms with E-state index in [9.17, 15) is 4.79 Å². The molecule has 1 aromatic rings. The summed E-state index contributed by atoms with van der Waals surface area (Å²) in [5.74, 6) is 0.748. The molecule has 1 heterocycles. The Morgan fingerprint density at radius 1 is 1.90 bits per heavy atom. The number of aryl methyl sites for hydroxylation is 1. The second-order valence-corrected chi connectivity index (χ2v) is 2.14. The van der Waals surface area contributed by atoms with Crippen molar-refractivity contribution in [2.45, 2.75) is 13.5 Å². The number of carbonyl (C=O) groups excluding carboxylic acids is 1. The van der Waals surface area contributed by atoms with Crippen LogP contribution in [0.5, 0.6) is 0 Å². The Labute approximate surface area is 59.7 Å². The van der Waals surface area contributed by atoms with Crippen LogP contribution in [-0.2, 0) is 11.3 Å². The monoisotopic (exact) mass is 137 g/mol. The van der Waals surface area contributed by atoms with Crippen molar-refractivity contribution in [2.24, 2.45) is 0 Å². The molecule has 53 valence electrons. The van der Waals surface area contributed by atoms with Crippen molar-refractivity contribution in [1.29, 1.82) is 0 Å². The standard InChI is InChI=1S/C7H9N2O/c1-6(10)5-9-4-3-8-7(9)2/h3-4H,1,5H2,2H3. The Morgan fingerprint density at radius 2 is 2.60 bits per heavy atom. The van der Waals surface area contributed by atoms with Gasteiger partial charge in [0.25, 0.3) is 0 Å². The van der Waals surface area contributed by atoms with Gasteiger partial charge in [-0.3, -0.25) is 4.79 Å². The van der Waals surface area contributed by atoms with Crippen molar-refractivity contribution in [3.63, 3.8) is 0 Å². The smallest absolute Gasteiger partial charge is 0.152 e. The summed E-state index contributed by atoms with van der Waals surface area (Å²) in [4.78, 5) is 14.5. The maximum Gasteiger partial charge on any atom is 0.152 e. The lowest BCUT2D eigenvalue weighted by molar-refractivity contribution is -0.115. The summed E-state index contributed by atoms with van der Waals surface area (Å²) in [6.45, 7) is 5.44. The first-order chi connectivity index (χ1) is 4.70. The van der Waals surface area contributed by atoms with Gasteiger partial charge in [0.15, 0.2) is 5.78 Å². The number of hydrogen-bond donors (Lipinski definition) is 0. The Morgan fingerprint density at radius 3 is 3.00 bits per heavy atom. The van der Waals surface area contributed by atoms with E-state index in [1.54, 1.807) is 17.0 Å². The fourth-order valence-corrected chi connectivity index (χ4v) is 0.761. The maximum absolute atomic E-state index is 10.5. The highest BCUT2D eigenvalue weighted by Crippen LogP contribution is 1.93. The summed E-state index contributed by atoms with van der Waals surface area (Å²) < 4.78 is 1.76. The molecule has 0 spiro atoms. The first-order valence-electron chi connectivity index (χ1n) is 3.02. The van der Waals surface area contributed by atoms with Crippen molar-refractivity contribution in [3.8, 4) is 0 Å². The van der Waals surface area contributed by atoms with Gasteiger partial charge in [-0.05, 0) is 6.92 Å². The van der Waals surface area contributed by atoms with Crippen molar-refractivity contribution < 1.29 is 4.79 Å². The largest absolute Gasteiger partial charge is 0.328 e. The van der Waals surface area contributed by atoms with Gasteiger partial charge in [0.1, 0.15) is 5.82 Å². The maximum atomic E-state index is 10.5. The SMILES string of the molecule is [CH2]C(=O)Cn1ccnc1C. The number of carbonyl (C=O) groups is 1. The third kappa shape index (κ3) is 1.43. The van der Waals surface area contributed by atoms with Gasteiger partial charge in [0, 0.05) is 19.3 Å². The summed E-state index contributed by atoms with van der Waals surface area (Å²) in [6, 6.07) is 0. The predicted octanol–water partition coefficient (Wildman–Crippen LogP) is 0.595. The summed E-state index contributed by atoms with van der Waals surface area (Å²) in [5, 5.41) is 0. The average molecular weight is 137 g/mol. The lowest BCUT2D eigenvalue weighted by Gasteiger charge is -1.98. The Hall–Kier alpha value is -1.12. The molecule has 0 amide bonds. The van der Waals surface area contributed by atoms with Crippen LogP contribution in [-0.4, -0.2) is 15.3 Å². The molecule has 0 fully saturated rings. The third-order valence-electron chi connectivity index (χ3n) is 1.27. The van der Waals surface area contributed by atoms with Crippen LogP contribution in [0, 0.1) is 13.8 Å². The minimum atomic E-state index is -0.0962. The molecular weight excluding hydrogens is 128 g/mol. The Balaban J connectivity index is 2.74. The van der Waals surface area contributed by atoms with Crippen LogP contribution in [0.15, 0.2) is 12.4 Å². The summed E-state index contributed by atoms with van der Waals surface area (Å²) in [6.07, 6.45) is 3.43. The van der Waals surface area contributed by atoms with Gasteiger partial charge in [0.05, 0.1) is 6.54 Å². The van der Waals surface area contributed by atoms with Gasteiger partial charge in [-0.1, -0.05) is 0 Å². The quantitative estimate of drug-likeness (QED) is 0.598. The highest BCUT2D eigenvalue weighted by atomic mass is 16.1. The van der Waals surface area contributed by atoms with Crippen LogP contribution < -0.4 is 0 Å². The van der Waals surface area contributed by atoms with Gasteiger partial charge < -0.3 is 4.57 Å². The molecule has 1 rings (SSSR count). The first kappa shape index (κ1) is 6.99. The van der Waals surface area contributed by atoms with Crippen LogP contribution in [0.2, 0.25) is 0 Å². The minimum absolute atomic E-state index is 0.0962. The summed E-state index contributed by atoms with van der Waals surface area (Å²) in [5.41, 5.74) is 0. The molecule has 0 saturated carbocycles. The van der Waals surface area contributed by atoms with E-state index in [-0.39, 0.29) is 5.78 Å². The van der Waals surface area contributed by atoms with Gasteiger partial charge in [-0.2, -0.15) is 0 Å². The van der Waals surface area contributed by atoms with Gasteiger partial charge >= 0.3 is 0 Å². The molecule has 0 aromatic carbocycles. The zero-order chi connectivity index (χ0) is 7.56. The predicted molar refractivity (Wildman–Crippen MR) is 37.3 cm³/mol. The van der Waals surface area contributed by atoms with E-state index < -0.39 is 0 Å². The van der Waals surface area contributed by atoms with Gasteiger partial charge in [-0.15, -0.1) is 0 Å². The zero-order valence-corrected chi connectivity index (χ0v) is 5.87. The normalized spacial score (nSPS) is 9.80. The van der Waals surface area contributed by atoms with E-state index in [1.807, 2.05) is 6.92 Å². The number of hydrogen-bond acceptors (Lipinski definition) is 2. The van der Waals surface area contributed by atoms with E-state index in [2.05, 4.69) is 11.9 Å². The van der Waals surface area contributed by atoms with Crippen LogP contribution in [0.3, 0.4) is 0 Å². The fraction of sp³-hybridized carbons (Fsp3) is 0.286.